The first-order valence-electron chi connectivity index (χ1n) is 9.81. The third-order valence-corrected chi connectivity index (χ3v) is 5.89. The molecule has 2 heterocycles. The summed E-state index contributed by atoms with van der Waals surface area (Å²) in [7, 11) is 2.14. The van der Waals surface area contributed by atoms with Crippen LogP contribution in [0.1, 0.15) is 12.8 Å². The Kier molecular flexibility index (Phi) is 5.06. The summed E-state index contributed by atoms with van der Waals surface area (Å²) in [5.74, 6) is -0.219. The maximum atomic E-state index is 12.8. The van der Waals surface area contributed by atoms with Crippen LogP contribution in [0, 0.1) is 5.41 Å². The zero-order valence-corrected chi connectivity index (χ0v) is 15.9. The molecule has 7 nitrogen and oxygen atoms in total. The van der Waals surface area contributed by atoms with Crippen LogP contribution < -0.4 is 10.2 Å². The van der Waals surface area contributed by atoms with E-state index < -0.39 is 5.41 Å². The molecule has 0 spiro atoms. The number of likely N-dealkylation sites (N-methyl/N-ethyl adjacent to an activating group) is 1. The Morgan fingerprint density at radius 2 is 1.59 bits per heavy atom. The smallest absolute Gasteiger partial charge is 0.240 e. The van der Waals surface area contributed by atoms with E-state index >= 15 is 0 Å². The van der Waals surface area contributed by atoms with Crippen LogP contribution in [0.2, 0.25) is 0 Å². The van der Waals surface area contributed by atoms with E-state index in [0.717, 1.165) is 31.9 Å². The molecule has 1 aromatic rings. The van der Waals surface area contributed by atoms with Gasteiger partial charge in [-0.1, -0.05) is 0 Å². The van der Waals surface area contributed by atoms with Gasteiger partial charge in [-0.05, 0) is 44.2 Å². The highest BCUT2D eigenvalue weighted by atomic mass is 16.5. The van der Waals surface area contributed by atoms with E-state index in [1.807, 2.05) is 24.3 Å². The number of piperazine rings is 1. The number of carbonyl (C=O) groups is 2. The molecule has 0 unspecified atom stereocenters. The molecule has 1 saturated carbocycles. The van der Waals surface area contributed by atoms with Crippen molar-refractivity contribution in [3.05, 3.63) is 24.3 Å². The monoisotopic (exact) mass is 372 g/mol. The number of nitrogens with zero attached hydrogens (tertiary/aromatic N) is 3. The Morgan fingerprint density at radius 3 is 2.19 bits per heavy atom. The van der Waals surface area contributed by atoms with Gasteiger partial charge < -0.3 is 24.8 Å². The number of morpholine rings is 1. The molecule has 2 saturated heterocycles. The van der Waals surface area contributed by atoms with Gasteiger partial charge in [0, 0.05) is 50.6 Å². The molecule has 0 atom stereocenters. The van der Waals surface area contributed by atoms with Crippen molar-refractivity contribution in [1.29, 1.82) is 0 Å². The highest BCUT2D eigenvalue weighted by Crippen LogP contribution is 2.48. The van der Waals surface area contributed by atoms with Crippen molar-refractivity contribution in [3.8, 4) is 0 Å². The summed E-state index contributed by atoms with van der Waals surface area (Å²) in [6, 6.07) is 7.95. The Morgan fingerprint density at radius 1 is 0.963 bits per heavy atom. The summed E-state index contributed by atoms with van der Waals surface area (Å²) in [5.41, 5.74) is 1.05. The van der Waals surface area contributed by atoms with E-state index in [-0.39, 0.29) is 11.8 Å². The van der Waals surface area contributed by atoms with Gasteiger partial charge in [0.05, 0.1) is 13.2 Å². The number of ether oxygens (including phenoxy) is 1. The quantitative estimate of drug-likeness (QED) is 0.800. The lowest BCUT2D eigenvalue weighted by molar-refractivity contribution is -0.145. The van der Waals surface area contributed by atoms with Crippen LogP contribution >= 0.6 is 0 Å². The van der Waals surface area contributed by atoms with Crippen molar-refractivity contribution in [1.82, 2.24) is 9.80 Å². The number of hydrogen-bond acceptors (Lipinski definition) is 5. The number of amides is 2. The number of anilines is 2. The number of carbonyl (C=O) groups excluding carboxylic acids is 2. The maximum absolute atomic E-state index is 12.8. The first-order chi connectivity index (χ1) is 13.1. The van der Waals surface area contributed by atoms with Gasteiger partial charge in [0.2, 0.25) is 11.8 Å². The van der Waals surface area contributed by atoms with Gasteiger partial charge in [0.15, 0.2) is 0 Å². The third kappa shape index (κ3) is 3.80. The second-order valence-electron chi connectivity index (χ2n) is 7.78. The van der Waals surface area contributed by atoms with Crippen molar-refractivity contribution in [2.24, 2.45) is 5.41 Å². The van der Waals surface area contributed by atoms with E-state index in [2.05, 4.69) is 22.2 Å². The molecule has 2 amide bonds. The molecule has 0 radical (unpaired) electrons. The third-order valence-electron chi connectivity index (χ3n) is 5.89. The second-order valence-corrected chi connectivity index (χ2v) is 7.78. The van der Waals surface area contributed by atoms with Crippen LogP contribution in [0.4, 0.5) is 11.4 Å². The lowest BCUT2D eigenvalue weighted by Gasteiger charge is -2.34. The summed E-state index contributed by atoms with van der Waals surface area (Å²) < 4.78 is 5.31. The molecule has 27 heavy (non-hydrogen) atoms. The highest BCUT2D eigenvalue weighted by Gasteiger charge is 2.58. The maximum Gasteiger partial charge on any atom is 0.240 e. The molecule has 7 heteroatoms. The standard InChI is InChI=1S/C20H28N4O3/c1-22-8-10-23(11-9-22)17-4-2-16(3-5-17)21-18(25)20(6-7-20)19(26)24-12-14-27-15-13-24/h2-5H,6-15H2,1H3,(H,21,25). The van der Waals surface area contributed by atoms with E-state index in [9.17, 15) is 9.59 Å². The van der Waals surface area contributed by atoms with Crippen molar-refractivity contribution < 1.29 is 14.3 Å². The summed E-state index contributed by atoms with van der Waals surface area (Å²) in [6.45, 7) is 6.41. The summed E-state index contributed by atoms with van der Waals surface area (Å²) >= 11 is 0. The van der Waals surface area contributed by atoms with Crippen LogP contribution in [0.3, 0.4) is 0 Å². The van der Waals surface area contributed by atoms with Crippen molar-refractivity contribution in [3.63, 3.8) is 0 Å². The van der Waals surface area contributed by atoms with Gasteiger partial charge >= 0.3 is 0 Å². The molecule has 1 aliphatic carbocycles. The minimum Gasteiger partial charge on any atom is -0.378 e. The molecule has 1 aromatic carbocycles. The van der Waals surface area contributed by atoms with Gasteiger partial charge in [-0.15, -0.1) is 0 Å². The Hall–Kier alpha value is -2.12. The van der Waals surface area contributed by atoms with Crippen LogP contribution in [-0.4, -0.2) is 81.1 Å². The lowest BCUT2D eigenvalue weighted by atomic mass is 10.0. The molecule has 2 aliphatic heterocycles. The normalized spacial score (nSPS) is 22.4. The zero-order chi connectivity index (χ0) is 18.9. The number of benzene rings is 1. The van der Waals surface area contributed by atoms with Crippen LogP contribution in [0.25, 0.3) is 0 Å². The fourth-order valence-corrected chi connectivity index (χ4v) is 3.80. The molecule has 3 fully saturated rings. The topological polar surface area (TPSA) is 65.1 Å². The average Bonchev–Trinajstić information content (AvgIpc) is 3.51. The number of nitrogens with one attached hydrogen (secondary N) is 1. The van der Waals surface area contributed by atoms with Crippen LogP contribution in [-0.2, 0) is 14.3 Å². The fraction of sp³-hybridized carbons (Fsp3) is 0.600. The first-order valence-corrected chi connectivity index (χ1v) is 9.81. The highest BCUT2D eigenvalue weighted by molar-refractivity contribution is 6.13. The van der Waals surface area contributed by atoms with Crippen LogP contribution in [0.15, 0.2) is 24.3 Å². The number of rotatable bonds is 4. The van der Waals surface area contributed by atoms with E-state index in [4.69, 9.17) is 4.74 Å². The predicted molar refractivity (Wildman–Crippen MR) is 104 cm³/mol. The molecule has 0 bridgehead atoms. The lowest BCUT2D eigenvalue weighted by Crippen LogP contribution is -2.47. The molecule has 4 rings (SSSR count). The molecule has 3 aliphatic rings. The van der Waals surface area contributed by atoms with Gasteiger partial charge in [0.25, 0.3) is 0 Å². The Balaban J connectivity index is 1.37. The first kappa shape index (κ1) is 18.3. The number of hydrogen-bond donors (Lipinski definition) is 1. The average molecular weight is 372 g/mol. The Labute approximate surface area is 160 Å². The zero-order valence-electron chi connectivity index (χ0n) is 15.9. The summed E-state index contributed by atoms with van der Waals surface area (Å²) in [5, 5.41) is 2.96. The molecule has 1 N–H and O–H groups in total. The minimum absolute atomic E-state index is 0.0441. The van der Waals surface area contributed by atoms with Gasteiger partial charge in [-0.25, -0.2) is 0 Å². The van der Waals surface area contributed by atoms with Gasteiger partial charge in [-0.2, -0.15) is 0 Å². The van der Waals surface area contributed by atoms with Gasteiger partial charge in [-0.3, -0.25) is 9.59 Å². The SMILES string of the molecule is CN1CCN(c2ccc(NC(=O)C3(C(=O)N4CCOCC4)CC3)cc2)CC1. The molecular weight excluding hydrogens is 344 g/mol. The summed E-state index contributed by atoms with van der Waals surface area (Å²) in [4.78, 5) is 32.1. The molecular formula is C20H28N4O3. The molecule has 146 valence electrons. The predicted octanol–water partition coefficient (Wildman–Crippen LogP) is 1.02. The van der Waals surface area contributed by atoms with Crippen molar-refractivity contribution in [2.75, 3.05) is 69.7 Å². The van der Waals surface area contributed by atoms with Gasteiger partial charge in [0.1, 0.15) is 5.41 Å². The van der Waals surface area contributed by atoms with E-state index in [1.54, 1.807) is 4.90 Å². The van der Waals surface area contributed by atoms with Crippen molar-refractivity contribution >= 4 is 23.2 Å². The minimum atomic E-state index is -0.868. The van der Waals surface area contributed by atoms with E-state index in [0.29, 0.717) is 39.1 Å². The van der Waals surface area contributed by atoms with Crippen molar-refractivity contribution in [2.45, 2.75) is 12.8 Å². The van der Waals surface area contributed by atoms with Crippen LogP contribution in [0.5, 0.6) is 0 Å². The summed E-state index contributed by atoms with van der Waals surface area (Å²) in [6.07, 6.45) is 1.27. The Bertz CT molecular complexity index is 688. The second kappa shape index (κ2) is 7.48. The fourth-order valence-electron chi connectivity index (χ4n) is 3.80. The van der Waals surface area contributed by atoms with E-state index in [1.165, 1.54) is 5.69 Å². The largest absolute Gasteiger partial charge is 0.378 e. The molecule has 0 aromatic heterocycles.